The predicted molar refractivity (Wildman–Crippen MR) is 180 cm³/mol. The van der Waals surface area contributed by atoms with Gasteiger partial charge in [0, 0.05) is 55.4 Å². The van der Waals surface area contributed by atoms with Crippen LogP contribution in [0.5, 0.6) is 28.7 Å². The lowest BCUT2D eigenvalue weighted by atomic mass is 9.89. The van der Waals surface area contributed by atoms with Crippen molar-refractivity contribution < 1.29 is 30.5 Å². The van der Waals surface area contributed by atoms with Crippen molar-refractivity contribution >= 4 is 5.69 Å². The standard InChI is InChI=1S/C39H37NO7/c1-20-5-24-13-25-6-21(2)8-27(36(25)42)15-29-10-23(4)12-31(38(29)44)17-33-19-34(40(46)47)18-32(39(33)45)16-30-11-22(3)9-28(37(30)43)14-26(7-20)35(24)41/h5-12,18-19,41-45H,13-17H2,1-4H3. The minimum atomic E-state index is -0.524. The van der Waals surface area contributed by atoms with Gasteiger partial charge in [-0.25, -0.2) is 0 Å². The predicted octanol–water partition coefficient (Wildman–Crippen LogP) is 7.62. The number of hydrogen-bond donors (Lipinski definition) is 5. The SMILES string of the molecule is Cc1cc2c(O)c(c1)Cc1cc(C)cc(c1O)Cc1cc([N+](=O)[O-])cc(c1O)Cc1cc(C)cc(c1O)Cc1cc(C)cc(c1O)C2. The second-order valence-electron chi connectivity index (χ2n) is 13.0. The molecule has 5 aromatic rings. The van der Waals surface area contributed by atoms with Crippen LogP contribution in [-0.4, -0.2) is 30.5 Å². The van der Waals surface area contributed by atoms with Crippen LogP contribution in [0.4, 0.5) is 5.69 Å². The molecule has 1 aliphatic rings. The highest BCUT2D eigenvalue weighted by molar-refractivity contribution is 5.59. The van der Waals surface area contributed by atoms with Gasteiger partial charge in [0.2, 0.25) is 0 Å². The molecule has 0 spiro atoms. The van der Waals surface area contributed by atoms with Crippen molar-refractivity contribution in [3.05, 3.63) is 149 Å². The van der Waals surface area contributed by atoms with E-state index in [-0.39, 0.29) is 77.7 Å². The van der Waals surface area contributed by atoms with Crippen molar-refractivity contribution in [1.29, 1.82) is 0 Å². The first-order chi connectivity index (χ1) is 22.3. The molecule has 0 heterocycles. The molecule has 6 rings (SSSR count). The summed E-state index contributed by atoms with van der Waals surface area (Å²) in [5.74, 6) is -0.0747. The second-order valence-corrected chi connectivity index (χ2v) is 13.0. The number of nitro benzene ring substituents is 1. The molecule has 8 nitrogen and oxygen atoms in total. The molecular weight excluding hydrogens is 594 g/mol. The summed E-state index contributed by atoms with van der Waals surface area (Å²) in [4.78, 5) is 11.5. The summed E-state index contributed by atoms with van der Waals surface area (Å²) in [7, 11) is 0. The first-order valence-corrected chi connectivity index (χ1v) is 15.5. The van der Waals surface area contributed by atoms with Crippen LogP contribution in [0.2, 0.25) is 0 Å². The molecule has 8 heteroatoms. The highest BCUT2D eigenvalue weighted by Crippen LogP contribution is 2.40. The summed E-state index contributed by atoms with van der Waals surface area (Å²) in [5, 5.41) is 69.4. The molecule has 0 atom stereocenters. The summed E-state index contributed by atoms with van der Waals surface area (Å²) in [6.45, 7) is 7.60. The molecule has 0 aliphatic heterocycles. The number of aryl methyl sites for hydroxylation is 4. The summed E-state index contributed by atoms with van der Waals surface area (Å²) >= 11 is 0. The Bertz CT molecular complexity index is 1960. The third kappa shape index (κ3) is 6.19. The van der Waals surface area contributed by atoms with E-state index in [0.29, 0.717) is 44.5 Å². The van der Waals surface area contributed by atoms with Crippen molar-refractivity contribution in [3.63, 3.8) is 0 Å². The molecule has 0 saturated heterocycles. The lowest BCUT2D eigenvalue weighted by molar-refractivity contribution is -0.385. The normalized spacial score (nSPS) is 12.9. The Morgan fingerprint density at radius 3 is 0.745 bits per heavy atom. The fourth-order valence-electron chi connectivity index (χ4n) is 6.96. The van der Waals surface area contributed by atoms with E-state index in [4.69, 9.17) is 0 Å². The van der Waals surface area contributed by atoms with E-state index in [1.54, 1.807) is 12.1 Å². The van der Waals surface area contributed by atoms with Crippen molar-refractivity contribution in [1.82, 2.24) is 0 Å². The van der Waals surface area contributed by atoms with Crippen LogP contribution in [0, 0.1) is 37.8 Å². The molecule has 10 bridgehead atoms. The Morgan fingerprint density at radius 1 is 0.404 bits per heavy atom. The summed E-state index contributed by atoms with van der Waals surface area (Å²) in [6.07, 6.45) is 0.732. The number of non-ortho nitro benzene ring substituents is 1. The van der Waals surface area contributed by atoms with Gasteiger partial charge in [-0.05, 0) is 72.2 Å². The number of fused-ring (bicyclic) bond motifs is 10. The zero-order chi connectivity index (χ0) is 33.7. The van der Waals surface area contributed by atoms with E-state index in [2.05, 4.69) is 0 Å². The zero-order valence-electron chi connectivity index (χ0n) is 26.8. The van der Waals surface area contributed by atoms with Crippen LogP contribution in [0.1, 0.15) is 77.9 Å². The van der Waals surface area contributed by atoms with Crippen LogP contribution < -0.4 is 0 Å². The van der Waals surface area contributed by atoms with Crippen molar-refractivity contribution in [2.45, 2.75) is 59.8 Å². The Hall–Kier alpha value is -5.50. The maximum atomic E-state index is 12.0. The molecule has 0 radical (unpaired) electrons. The van der Waals surface area contributed by atoms with Crippen LogP contribution in [0.15, 0.2) is 60.7 Å². The second kappa shape index (κ2) is 12.0. The van der Waals surface area contributed by atoms with Gasteiger partial charge in [0.05, 0.1) is 4.92 Å². The first-order valence-electron chi connectivity index (χ1n) is 15.5. The van der Waals surface area contributed by atoms with E-state index in [1.165, 1.54) is 12.1 Å². The number of benzene rings is 5. The minimum absolute atomic E-state index is 0.0183. The molecule has 0 aromatic heterocycles. The Morgan fingerprint density at radius 2 is 0.574 bits per heavy atom. The Kier molecular flexibility index (Phi) is 8.05. The van der Waals surface area contributed by atoms with Gasteiger partial charge in [-0.2, -0.15) is 0 Å². The quantitative estimate of drug-likeness (QED) is 0.0927. The average molecular weight is 632 g/mol. The molecule has 47 heavy (non-hydrogen) atoms. The van der Waals surface area contributed by atoms with Gasteiger partial charge in [-0.15, -0.1) is 0 Å². The number of nitrogens with zero attached hydrogens (tertiary/aromatic N) is 1. The molecular formula is C39H37NO7. The lowest BCUT2D eigenvalue weighted by Crippen LogP contribution is -2.03. The maximum absolute atomic E-state index is 12.0. The summed E-state index contributed by atoms with van der Waals surface area (Å²) in [6, 6.07) is 17.3. The average Bonchev–Trinajstić information content (AvgIpc) is 2.99. The topological polar surface area (TPSA) is 144 Å². The van der Waals surface area contributed by atoms with E-state index < -0.39 is 4.92 Å². The first kappa shape index (κ1) is 31.5. The van der Waals surface area contributed by atoms with Crippen LogP contribution >= 0.6 is 0 Å². The highest BCUT2D eigenvalue weighted by atomic mass is 16.6. The fraction of sp³-hybridized carbons (Fsp3) is 0.231. The molecule has 0 saturated carbocycles. The number of nitro groups is 1. The number of phenols is 5. The van der Waals surface area contributed by atoms with Gasteiger partial charge in [0.25, 0.3) is 5.69 Å². The Labute approximate surface area is 273 Å². The third-order valence-electron chi connectivity index (χ3n) is 9.02. The van der Waals surface area contributed by atoms with E-state index in [0.717, 1.165) is 22.3 Å². The van der Waals surface area contributed by atoms with Gasteiger partial charge in [0.1, 0.15) is 28.7 Å². The Balaban J connectivity index is 1.62. The fourth-order valence-corrected chi connectivity index (χ4v) is 6.96. The van der Waals surface area contributed by atoms with E-state index in [1.807, 2.05) is 64.1 Å². The smallest absolute Gasteiger partial charge is 0.270 e. The molecule has 5 aromatic carbocycles. The lowest BCUT2D eigenvalue weighted by Gasteiger charge is -2.18. The van der Waals surface area contributed by atoms with Crippen LogP contribution in [-0.2, 0) is 32.1 Å². The van der Waals surface area contributed by atoms with Gasteiger partial charge >= 0.3 is 0 Å². The maximum Gasteiger partial charge on any atom is 0.270 e. The van der Waals surface area contributed by atoms with Crippen molar-refractivity contribution in [3.8, 4) is 28.7 Å². The monoisotopic (exact) mass is 631 g/mol. The van der Waals surface area contributed by atoms with Crippen LogP contribution in [0.25, 0.3) is 0 Å². The molecule has 1 aliphatic carbocycles. The molecule has 0 amide bonds. The van der Waals surface area contributed by atoms with Gasteiger partial charge in [0.15, 0.2) is 0 Å². The molecule has 5 N–H and O–H groups in total. The summed E-state index contributed by atoms with van der Waals surface area (Å²) < 4.78 is 0. The van der Waals surface area contributed by atoms with E-state index >= 15 is 0 Å². The zero-order valence-corrected chi connectivity index (χ0v) is 26.8. The number of phenolic OH excluding ortho intramolecular Hbond substituents is 5. The van der Waals surface area contributed by atoms with E-state index in [9.17, 15) is 35.6 Å². The number of rotatable bonds is 1. The van der Waals surface area contributed by atoms with Gasteiger partial charge in [-0.1, -0.05) is 70.8 Å². The van der Waals surface area contributed by atoms with Crippen molar-refractivity contribution in [2.75, 3.05) is 0 Å². The molecule has 0 fully saturated rings. The number of hydrogen-bond acceptors (Lipinski definition) is 7. The van der Waals surface area contributed by atoms with Gasteiger partial charge < -0.3 is 25.5 Å². The third-order valence-corrected chi connectivity index (χ3v) is 9.02. The summed E-state index contributed by atoms with van der Waals surface area (Å²) in [5.41, 5.74) is 8.32. The molecule has 0 unspecified atom stereocenters. The van der Waals surface area contributed by atoms with Gasteiger partial charge in [-0.3, -0.25) is 10.1 Å². The number of aromatic hydroxyl groups is 5. The van der Waals surface area contributed by atoms with Crippen LogP contribution in [0.3, 0.4) is 0 Å². The molecule has 240 valence electrons. The van der Waals surface area contributed by atoms with Crippen molar-refractivity contribution in [2.24, 2.45) is 0 Å². The highest BCUT2D eigenvalue weighted by Gasteiger charge is 2.23. The minimum Gasteiger partial charge on any atom is -0.507 e. The largest absolute Gasteiger partial charge is 0.507 e.